The predicted octanol–water partition coefficient (Wildman–Crippen LogP) is 3.62. The maximum absolute atomic E-state index is 12.4. The molecule has 1 heterocycles. The predicted molar refractivity (Wildman–Crippen MR) is 110 cm³/mol. The minimum atomic E-state index is -0.175. The number of hydrogen-bond donors (Lipinski definition) is 1. The minimum absolute atomic E-state index is 0.175. The van der Waals surface area contributed by atoms with E-state index in [0.29, 0.717) is 43.6 Å². The number of pyridine rings is 1. The fourth-order valence-electron chi connectivity index (χ4n) is 2.63. The lowest BCUT2D eigenvalue weighted by Gasteiger charge is -2.11. The largest absolute Gasteiger partial charge is 0.489 e. The molecule has 0 bridgehead atoms. The van der Waals surface area contributed by atoms with Gasteiger partial charge in [0.15, 0.2) is 0 Å². The molecule has 6 nitrogen and oxygen atoms in total. The van der Waals surface area contributed by atoms with Crippen LogP contribution >= 0.6 is 0 Å². The summed E-state index contributed by atoms with van der Waals surface area (Å²) < 4.78 is 16.3. The molecule has 2 aromatic carbocycles. The second-order valence-corrected chi connectivity index (χ2v) is 6.29. The third-order valence-corrected chi connectivity index (χ3v) is 4.18. The summed E-state index contributed by atoms with van der Waals surface area (Å²) in [7, 11) is 1.61. The Kier molecular flexibility index (Phi) is 7.60. The van der Waals surface area contributed by atoms with E-state index < -0.39 is 0 Å². The van der Waals surface area contributed by atoms with Gasteiger partial charge in [-0.1, -0.05) is 36.4 Å². The molecule has 29 heavy (non-hydrogen) atoms. The molecule has 1 N–H and O–H groups in total. The first kappa shape index (κ1) is 20.4. The number of carbonyl (C=O) groups is 1. The first-order chi connectivity index (χ1) is 14.3. The van der Waals surface area contributed by atoms with Crippen LogP contribution in [-0.2, 0) is 17.9 Å². The highest BCUT2D eigenvalue weighted by Gasteiger charge is 2.09. The van der Waals surface area contributed by atoms with Gasteiger partial charge in [-0.15, -0.1) is 0 Å². The van der Waals surface area contributed by atoms with Gasteiger partial charge in [-0.3, -0.25) is 4.79 Å². The molecule has 0 aliphatic carbocycles. The molecule has 0 aliphatic rings. The van der Waals surface area contributed by atoms with Crippen LogP contribution in [0, 0.1) is 0 Å². The average molecular weight is 392 g/mol. The molecule has 0 unspecified atom stereocenters. The van der Waals surface area contributed by atoms with Crippen LogP contribution < -0.4 is 14.8 Å². The summed E-state index contributed by atoms with van der Waals surface area (Å²) in [4.78, 5) is 16.7. The monoisotopic (exact) mass is 392 g/mol. The van der Waals surface area contributed by atoms with E-state index in [4.69, 9.17) is 14.2 Å². The van der Waals surface area contributed by atoms with Crippen molar-refractivity contribution in [1.82, 2.24) is 10.3 Å². The van der Waals surface area contributed by atoms with Gasteiger partial charge in [-0.25, -0.2) is 4.98 Å². The minimum Gasteiger partial charge on any atom is -0.489 e. The molecule has 0 radical (unpaired) electrons. The van der Waals surface area contributed by atoms with Crippen molar-refractivity contribution in [3.8, 4) is 11.6 Å². The third-order valence-electron chi connectivity index (χ3n) is 4.18. The SMILES string of the molecule is COCCOc1ncccc1CNC(=O)c1ccc(OCc2ccccc2)cc1. The van der Waals surface area contributed by atoms with Gasteiger partial charge < -0.3 is 19.5 Å². The van der Waals surface area contributed by atoms with Gasteiger partial charge in [0.05, 0.1) is 6.61 Å². The summed E-state index contributed by atoms with van der Waals surface area (Å²) in [6.07, 6.45) is 1.65. The maximum atomic E-state index is 12.4. The summed E-state index contributed by atoms with van der Waals surface area (Å²) in [5.41, 5.74) is 2.46. The van der Waals surface area contributed by atoms with Crippen LogP contribution in [0.3, 0.4) is 0 Å². The molecule has 0 saturated carbocycles. The first-order valence-corrected chi connectivity index (χ1v) is 9.37. The number of carbonyl (C=O) groups excluding carboxylic acids is 1. The number of aromatic nitrogens is 1. The molecule has 150 valence electrons. The van der Waals surface area contributed by atoms with E-state index in [0.717, 1.165) is 11.1 Å². The highest BCUT2D eigenvalue weighted by Crippen LogP contribution is 2.16. The molecule has 1 aromatic heterocycles. The van der Waals surface area contributed by atoms with Crippen LogP contribution in [0.1, 0.15) is 21.5 Å². The number of methoxy groups -OCH3 is 1. The van der Waals surface area contributed by atoms with E-state index in [9.17, 15) is 4.79 Å². The van der Waals surface area contributed by atoms with Crippen molar-refractivity contribution in [2.24, 2.45) is 0 Å². The Labute approximate surface area is 170 Å². The van der Waals surface area contributed by atoms with Crippen molar-refractivity contribution >= 4 is 5.91 Å². The maximum Gasteiger partial charge on any atom is 0.251 e. The van der Waals surface area contributed by atoms with Gasteiger partial charge in [0.2, 0.25) is 5.88 Å². The first-order valence-electron chi connectivity index (χ1n) is 9.37. The summed E-state index contributed by atoms with van der Waals surface area (Å²) >= 11 is 0. The molecule has 0 atom stereocenters. The molecular formula is C23H24N2O4. The van der Waals surface area contributed by atoms with Gasteiger partial charge in [-0.05, 0) is 35.9 Å². The van der Waals surface area contributed by atoms with Gasteiger partial charge in [-0.2, -0.15) is 0 Å². The van der Waals surface area contributed by atoms with E-state index in [1.54, 1.807) is 37.6 Å². The quantitative estimate of drug-likeness (QED) is 0.534. The van der Waals surface area contributed by atoms with Crippen LogP contribution in [-0.4, -0.2) is 31.2 Å². The Morgan fingerprint density at radius 2 is 1.72 bits per heavy atom. The Hall–Kier alpha value is -3.38. The lowest BCUT2D eigenvalue weighted by atomic mass is 10.2. The topological polar surface area (TPSA) is 69.7 Å². The zero-order chi connectivity index (χ0) is 20.3. The van der Waals surface area contributed by atoms with E-state index in [1.165, 1.54) is 0 Å². The lowest BCUT2D eigenvalue weighted by molar-refractivity contribution is 0.0950. The number of benzene rings is 2. The van der Waals surface area contributed by atoms with Crippen LogP contribution in [0.2, 0.25) is 0 Å². The molecular weight excluding hydrogens is 368 g/mol. The van der Waals surface area contributed by atoms with E-state index in [-0.39, 0.29) is 5.91 Å². The smallest absolute Gasteiger partial charge is 0.251 e. The Balaban J connectivity index is 1.52. The van der Waals surface area contributed by atoms with Crippen molar-refractivity contribution in [3.05, 3.63) is 89.6 Å². The third kappa shape index (κ3) is 6.33. The van der Waals surface area contributed by atoms with Crippen LogP contribution in [0.25, 0.3) is 0 Å². The summed E-state index contributed by atoms with van der Waals surface area (Å²) in [5.74, 6) is 1.03. The summed E-state index contributed by atoms with van der Waals surface area (Å²) in [5, 5.41) is 2.89. The normalized spacial score (nSPS) is 10.4. The summed E-state index contributed by atoms with van der Waals surface area (Å²) in [6.45, 7) is 1.68. The van der Waals surface area contributed by atoms with Crippen molar-refractivity contribution < 1.29 is 19.0 Å². The van der Waals surface area contributed by atoms with Crippen molar-refractivity contribution in [3.63, 3.8) is 0 Å². The van der Waals surface area contributed by atoms with Gasteiger partial charge >= 0.3 is 0 Å². The highest BCUT2D eigenvalue weighted by atomic mass is 16.5. The molecule has 3 aromatic rings. The Morgan fingerprint density at radius 1 is 0.931 bits per heavy atom. The molecule has 0 aliphatic heterocycles. The molecule has 1 amide bonds. The van der Waals surface area contributed by atoms with Crippen molar-refractivity contribution in [1.29, 1.82) is 0 Å². The standard InChI is InChI=1S/C23H24N2O4/c1-27-14-15-28-23-20(8-5-13-24-23)16-25-22(26)19-9-11-21(12-10-19)29-17-18-6-3-2-4-7-18/h2-13H,14-17H2,1H3,(H,25,26). The molecule has 6 heteroatoms. The van der Waals surface area contributed by atoms with Crippen LogP contribution in [0.15, 0.2) is 72.9 Å². The fraction of sp³-hybridized carbons (Fsp3) is 0.217. The van der Waals surface area contributed by atoms with E-state index >= 15 is 0 Å². The molecule has 0 fully saturated rings. The zero-order valence-corrected chi connectivity index (χ0v) is 16.3. The van der Waals surface area contributed by atoms with Gasteiger partial charge in [0, 0.05) is 31.0 Å². The van der Waals surface area contributed by atoms with E-state index in [1.807, 2.05) is 42.5 Å². The second kappa shape index (κ2) is 10.8. The number of rotatable bonds is 10. The Morgan fingerprint density at radius 3 is 2.48 bits per heavy atom. The number of nitrogens with one attached hydrogen (secondary N) is 1. The highest BCUT2D eigenvalue weighted by molar-refractivity contribution is 5.94. The van der Waals surface area contributed by atoms with Crippen molar-refractivity contribution in [2.75, 3.05) is 20.3 Å². The van der Waals surface area contributed by atoms with Crippen LogP contribution in [0.4, 0.5) is 0 Å². The molecule has 3 rings (SSSR count). The second-order valence-electron chi connectivity index (χ2n) is 6.29. The Bertz CT molecular complexity index is 898. The van der Waals surface area contributed by atoms with E-state index in [2.05, 4.69) is 10.3 Å². The molecule has 0 spiro atoms. The van der Waals surface area contributed by atoms with Crippen molar-refractivity contribution in [2.45, 2.75) is 13.2 Å². The fourth-order valence-corrected chi connectivity index (χ4v) is 2.63. The average Bonchev–Trinajstić information content (AvgIpc) is 2.78. The van der Waals surface area contributed by atoms with Crippen LogP contribution in [0.5, 0.6) is 11.6 Å². The summed E-state index contributed by atoms with van der Waals surface area (Å²) in [6, 6.07) is 20.7. The molecule has 0 saturated heterocycles. The van der Waals surface area contributed by atoms with Gasteiger partial charge in [0.25, 0.3) is 5.91 Å². The number of ether oxygens (including phenoxy) is 3. The number of amides is 1. The lowest BCUT2D eigenvalue weighted by Crippen LogP contribution is -2.23. The number of hydrogen-bond acceptors (Lipinski definition) is 5. The van der Waals surface area contributed by atoms with Gasteiger partial charge in [0.1, 0.15) is 19.0 Å². The zero-order valence-electron chi connectivity index (χ0n) is 16.3. The number of nitrogens with zero attached hydrogens (tertiary/aromatic N) is 1.